The summed E-state index contributed by atoms with van der Waals surface area (Å²) in [4.78, 5) is 0. The van der Waals surface area contributed by atoms with E-state index in [1.54, 1.807) is 0 Å². The van der Waals surface area contributed by atoms with Gasteiger partial charge in [-0.25, -0.2) is 0 Å². The first-order chi connectivity index (χ1) is 4.34. The van der Waals surface area contributed by atoms with Gasteiger partial charge in [0.2, 0.25) is 0 Å². The Labute approximate surface area is 55.3 Å². The highest BCUT2D eigenvalue weighted by atomic mass is 15.1. The molecule has 2 nitrogen and oxygen atoms in total. The third-order valence-electron chi connectivity index (χ3n) is 1.43. The highest BCUT2D eigenvalue weighted by Crippen LogP contribution is 2.02. The largest absolute Gasteiger partial charge is 0.339 e. The summed E-state index contributed by atoms with van der Waals surface area (Å²) in [7, 11) is 0. The number of nitrogens with two attached hydrogens (primary N) is 1. The Morgan fingerprint density at radius 2 is 2.00 bits per heavy atom. The molecule has 0 aliphatic heterocycles. The third kappa shape index (κ3) is 1.33. The van der Waals surface area contributed by atoms with Crippen LogP contribution in [0.15, 0.2) is 24.5 Å². The third-order valence-corrected chi connectivity index (χ3v) is 1.43. The number of aromatic nitrogens is 1. The van der Waals surface area contributed by atoms with Gasteiger partial charge in [-0.1, -0.05) is 6.92 Å². The van der Waals surface area contributed by atoms with Crippen LogP contribution in [0, 0.1) is 0 Å². The summed E-state index contributed by atoms with van der Waals surface area (Å²) in [6.45, 7) is 2.07. The molecule has 0 aliphatic rings. The van der Waals surface area contributed by atoms with Crippen LogP contribution in [-0.4, -0.2) is 4.57 Å². The summed E-state index contributed by atoms with van der Waals surface area (Å²) in [6, 6.07) is 3.96. The molecular formula is C7H12N2. The van der Waals surface area contributed by atoms with E-state index in [1.165, 1.54) is 0 Å². The van der Waals surface area contributed by atoms with Crippen molar-refractivity contribution in [3.63, 3.8) is 0 Å². The number of rotatable bonds is 2. The highest BCUT2D eigenvalue weighted by molar-refractivity contribution is 4.91. The van der Waals surface area contributed by atoms with Crippen LogP contribution >= 0.6 is 0 Å². The Morgan fingerprint density at radius 1 is 1.44 bits per heavy atom. The molecule has 1 aromatic rings. The molecule has 0 bridgehead atoms. The Morgan fingerprint density at radius 3 is 2.44 bits per heavy atom. The first kappa shape index (κ1) is 6.36. The SMILES string of the molecule is CCC(N)n1cccc1. The quantitative estimate of drug-likeness (QED) is 0.634. The Kier molecular flexibility index (Phi) is 1.90. The van der Waals surface area contributed by atoms with Gasteiger partial charge in [0.25, 0.3) is 0 Å². The van der Waals surface area contributed by atoms with Gasteiger partial charge in [-0.2, -0.15) is 0 Å². The van der Waals surface area contributed by atoms with Crippen molar-refractivity contribution in [1.29, 1.82) is 0 Å². The number of nitrogens with zero attached hydrogens (tertiary/aromatic N) is 1. The van der Waals surface area contributed by atoms with E-state index in [0.29, 0.717) is 0 Å². The first-order valence-electron chi connectivity index (χ1n) is 3.22. The van der Waals surface area contributed by atoms with Crippen molar-refractivity contribution in [2.45, 2.75) is 19.5 Å². The minimum atomic E-state index is 0.153. The molecule has 0 aliphatic carbocycles. The molecule has 0 radical (unpaired) electrons. The Bertz CT molecular complexity index is 155. The van der Waals surface area contributed by atoms with Crippen molar-refractivity contribution >= 4 is 0 Å². The van der Waals surface area contributed by atoms with Gasteiger partial charge in [-0.3, -0.25) is 0 Å². The maximum Gasteiger partial charge on any atom is 0.0805 e. The molecule has 2 N–H and O–H groups in total. The highest BCUT2D eigenvalue weighted by Gasteiger charge is 1.96. The summed E-state index contributed by atoms with van der Waals surface area (Å²) >= 11 is 0. The summed E-state index contributed by atoms with van der Waals surface area (Å²) in [5.74, 6) is 0. The second kappa shape index (κ2) is 2.69. The van der Waals surface area contributed by atoms with Crippen LogP contribution in [0.2, 0.25) is 0 Å². The normalized spacial score (nSPS) is 13.6. The van der Waals surface area contributed by atoms with E-state index in [1.807, 2.05) is 29.1 Å². The van der Waals surface area contributed by atoms with E-state index in [-0.39, 0.29) is 6.17 Å². The molecule has 0 amide bonds. The summed E-state index contributed by atoms with van der Waals surface area (Å²) in [5, 5.41) is 0. The Hall–Kier alpha value is -0.760. The van der Waals surface area contributed by atoms with Crippen LogP contribution in [0.4, 0.5) is 0 Å². The minimum absolute atomic E-state index is 0.153. The molecule has 9 heavy (non-hydrogen) atoms. The average molecular weight is 124 g/mol. The van der Waals surface area contributed by atoms with Gasteiger partial charge in [-0.05, 0) is 18.6 Å². The fraction of sp³-hybridized carbons (Fsp3) is 0.429. The van der Waals surface area contributed by atoms with Crippen LogP contribution in [0.3, 0.4) is 0 Å². The van der Waals surface area contributed by atoms with E-state index < -0.39 is 0 Å². The zero-order chi connectivity index (χ0) is 6.69. The van der Waals surface area contributed by atoms with E-state index in [0.717, 1.165) is 6.42 Å². The van der Waals surface area contributed by atoms with Crippen molar-refractivity contribution in [3.8, 4) is 0 Å². The second-order valence-electron chi connectivity index (χ2n) is 2.11. The summed E-state index contributed by atoms with van der Waals surface area (Å²) in [6.07, 6.45) is 5.09. The zero-order valence-corrected chi connectivity index (χ0v) is 5.62. The van der Waals surface area contributed by atoms with Gasteiger partial charge in [0.05, 0.1) is 6.17 Å². The number of hydrogen-bond donors (Lipinski definition) is 1. The lowest BCUT2D eigenvalue weighted by molar-refractivity contribution is 0.508. The average Bonchev–Trinajstić information content (AvgIpc) is 2.37. The van der Waals surface area contributed by atoms with E-state index in [4.69, 9.17) is 5.73 Å². The molecule has 0 saturated heterocycles. The maximum absolute atomic E-state index is 5.70. The molecule has 1 rings (SSSR count). The summed E-state index contributed by atoms with van der Waals surface area (Å²) < 4.78 is 2.00. The monoisotopic (exact) mass is 124 g/mol. The van der Waals surface area contributed by atoms with Crippen molar-refractivity contribution in [1.82, 2.24) is 4.57 Å². The predicted molar refractivity (Wildman–Crippen MR) is 37.9 cm³/mol. The topological polar surface area (TPSA) is 30.9 Å². The Balaban J connectivity index is 2.65. The molecule has 1 unspecified atom stereocenters. The van der Waals surface area contributed by atoms with Crippen LogP contribution in [0.5, 0.6) is 0 Å². The molecule has 0 fully saturated rings. The van der Waals surface area contributed by atoms with Crippen LogP contribution in [0.25, 0.3) is 0 Å². The van der Waals surface area contributed by atoms with Gasteiger partial charge in [0.15, 0.2) is 0 Å². The van der Waals surface area contributed by atoms with Gasteiger partial charge in [0.1, 0.15) is 0 Å². The molecule has 0 saturated carbocycles. The lowest BCUT2D eigenvalue weighted by Crippen LogP contribution is -2.15. The molecule has 2 heteroatoms. The minimum Gasteiger partial charge on any atom is -0.339 e. The standard InChI is InChI=1S/C7H12N2/c1-2-7(8)9-5-3-4-6-9/h3-7H,2,8H2,1H3. The fourth-order valence-corrected chi connectivity index (χ4v) is 0.780. The smallest absolute Gasteiger partial charge is 0.0805 e. The van der Waals surface area contributed by atoms with Crippen molar-refractivity contribution < 1.29 is 0 Å². The molecular weight excluding hydrogens is 112 g/mol. The molecule has 1 atom stereocenters. The lowest BCUT2D eigenvalue weighted by Gasteiger charge is -2.09. The van der Waals surface area contributed by atoms with Crippen LogP contribution in [-0.2, 0) is 0 Å². The van der Waals surface area contributed by atoms with E-state index in [2.05, 4.69) is 6.92 Å². The first-order valence-corrected chi connectivity index (χ1v) is 3.22. The molecule has 0 spiro atoms. The van der Waals surface area contributed by atoms with Gasteiger partial charge < -0.3 is 10.3 Å². The molecule has 1 aromatic heterocycles. The molecule has 50 valence electrons. The molecule has 1 heterocycles. The van der Waals surface area contributed by atoms with Crippen LogP contribution in [0.1, 0.15) is 19.5 Å². The fourth-order valence-electron chi connectivity index (χ4n) is 0.780. The van der Waals surface area contributed by atoms with Crippen LogP contribution < -0.4 is 5.73 Å². The van der Waals surface area contributed by atoms with Gasteiger partial charge in [0, 0.05) is 12.4 Å². The van der Waals surface area contributed by atoms with Gasteiger partial charge >= 0.3 is 0 Å². The van der Waals surface area contributed by atoms with Gasteiger partial charge in [-0.15, -0.1) is 0 Å². The van der Waals surface area contributed by atoms with Crippen molar-refractivity contribution in [2.24, 2.45) is 5.73 Å². The van der Waals surface area contributed by atoms with Crippen molar-refractivity contribution in [3.05, 3.63) is 24.5 Å². The second-order valence-corrected chi connectivity index (χ2v) is 2.11. The van der Waals surface area contributed by atoms with Crippen molar-refractivity contribution in [2.75, 3.05) is 0 Å². The maximum atomic E-state index is 5.70. The summed E-state index contributed by atoms with van der Waals surface area (Å²) in [5.41, 5.74) is 5.70. The van der Waals surface area contributed by atoms with E-state index in [9.17, 15) is 0 Å². The predicted octanol–water partition coefficient (Wildman–Crippen LogP) is 1.36. The molecule has 0 aromatic carbocycles. The van der Waals surface area contributed by atoms with E-state index >= 15 is 0 Å². The number of hydrogen-bond acceptors (Lipinski definition) is 1. The lowest BCUT2D eigenvalue weighted by atomic mass is 10.4. The zero-order valence-electron chi connectivity index (χ0n) is 5.62.